The Balaban J connectivity index is 2.78. The topological polar surface area (TPSA) is 22.1 Å². The van der Waals surface area contributed by atoms with Crippen molar-refractivity contribution in [3.05, 3.63) is 28.0 Å². The Kier molecular flexibility index (Phi) is 3.69. The molecule has 1 heterocycles. The van der Waals surface area contributed by atoms with Crippen LogP contribution in [-0.2, 0) is 11.3 Å². The van der Waals surface area contributed by atoms with Crippen molar-refractivity contribution < 1.29 is 4.74 Å². The summed E-state index contributed by atoms with van der Waals surface area (Å²) in [4.78, 5) is 4.07. The zero-order chi connectivity index (χ0) is 8.97. The van der Waals surface area contributed by atoms with Crippen LogP contribution in [0.2, 0.25) is 0 Å². The first kappa shape index (κ1) is 9.68. The van der Waals surface area contributed by atoms with Gasteiger partial charge < -0.3 is 4.74 Å². The van der Waals surface area contributed by atoms with Crippen LogP contribution in [-0.4, -0.2) is 11.6 Å². The van der Waals surface area contributed by atoms with E-state index in [2.05, 4.69) is 27.8 Å². The van der Waals surface area contributed by atoms with E-state index in [-0.39, 0.29) is 0 Å². The molecule has 1 rings (SSSR count). The molecule has 0 aromatic carbocycles. The fourth-order valence-electron chi connectivity index (χ4n) is 0.897. The summed E-state index contributed by atoms with van der Waals surface area (Å²) >= 11 is 3.42. The molecule has 0 atom stereocenters. The summed E-state index contributed by atoms with van der Waals surface area (Å²) in [5, 5.41) is 0. The lowest BCUT2D eigenvalue weighted by Crippen LogP contribution is -1.96. The molecule has 0 unspecified atom stereocenters. The first-order valence-electron chi connectivity index (χ1n) is 3.92. The molecule has 0 aliphatic rings. The molecule has 0 radical (unpaired) electrons. The molecule has 0 N–H and O–H groups in total. The third-order valence-corrected chi connectivity index (χ3v) is 2.52. The number of rotatable bonds is 3. The van der Waals surface area contributed by atoms with Crippen molar-refractivity contribution >= 4 is 15.9 Å². The van der Waals surface area contributed by atoms with Gasteiger partial charge in [-0.25, -0.2) is 0 Å². The van der Waals surface area contributed by atoms with Crippen LogP contribution in [0.1, 0.15) is 18.1 Å². The van der Waals surface area contributed by atoms with Crippen LogP contribution in [0.15, 0.2) is 16.9 Å². The Morgan fingerprint density at radius 2 is 2.25 bits per heavy atom. The van der Waals surface area contributed by atoms with E-state index in [9.17, 15) is 0 Å². The summed E-state index contributed by atoms with van der Waals surface area (Å²) in [5.74, 6) is 0. The minimum absolute atomic E-state index is 0.648. The predicted octanol–water partition coefficient (Wildman–Crippen LogP) is 2.69. The van der Waals surface area contributed by atoms with Crippen LogP contribution < -0.4 is 0 Å². The molecule has 1 aromatic rings. The van der Waals surface area contributed by atoms with Gasteiger partial charge in [0.25, 0.3) is 0 Å². The van der Waals surface area contributed by atoms with Gasteiger partial charge in [-0.1, -0.05) is 0 Å². The van der Waals surface area contributed by atoms with Crippen molar-refractivity contribution in [3.63, 3.8) is 0 Å². The van der Waals surface area contributed by atoms with Crippen LogP contribution in [0.5, 0.6) is 0 Å². The van der Waals surface area contributed by atoms with E-state index in [1.54, 1.807) is 6.20 Å². The number of aromatic nitrogens is 1. The maximum atomic E-state index is 5.29. The van der Waals surface area contributed by atoms with Crippen molar-refractivity contribution in [2.24, 2.45) is 0 Å². The highest BCUT2D eigenvalue weighted by Crippen LogP contribution is 2.18. The van der Waals surface area contributed by atoms with E-state index < -0.39 is 0 Å². The highest BCUT2D eigenvalue weighted by molar-refractivity contribution is 9.10. The third-order valence-electron chi connectivity index (χ3n) is 1.72. The lowest BCUT2D eigenvalue weighted by molar-refractivity contribution is 0.133. The number of pyridine rings is 1. The van der Waals surface area contributed by atoms with Crippen molar-refractivity contribution in [2.45, 2.75) is 20.5 Å². The molecule has 0 amide bonds. The van der Waals surface area contributed by atoms with Gasteiger partial charge in [-0.2, -0.15) is 0 Å². The van der Waals surface area contributed by atoms with Crippen molar-refractivity contribution in [1.29, 1.82) is 0 Å². The molecule has 3 heteroatoms. The number of halogens is 1. The van der Waals surface area contributed by atoms with E-state index in [1.165, 1.54) is 5.56 Å². The highest BCUT2D eigenvalue weighted by Gasteiger charge is 2.01. The highest BCUT2D eigenvalue weighted by atomic mass is 79.9. The zero-order valence-electron chi connectivity index (χ0n) is 7.30. The first-order chi connectivity index (χ1) is 5.75. The Labute approximate surface area is 81.1 Å². The van der Waals surface area contributed by atoms with Crippen molar-refractivity contribution in [1.82, 2.24) is 4.98 Å². The van der Waals surface area contributed by atoms with Crippen LogP contribution in [0.25, 0.3) is 0 Å². The van der Waals surface area contributed by atoms with E-state index in [0.29, 0.717) is 6.61 Å². The molecule has 0 fully saturated rings. The molecule has 0 saturated heterocycles. The quantitative estimate of drug-likeness (QED) is 0.796. The van der Waals surface area contributed by atoms with Gasteiger partial charge in [0.1, 0.15) is 0 Å². The molecule has 0 bridgehead atoms. The Hall–Kier alpha value is -0.410. The number of hydrogen-bond donors (Lipinski definition) is 0. The molecule has 66 valence electrons. The molecule has 12 heavy (non-hydrogen) atoms. The van der Waals surface area contributed by atoms with Gasteiger partial charge >= 0.3 is 0 Å². The Morgan fingerprint density at radius 3 is 2.92 bits per heavy atom. The third kappa shape index (κ3) is 2.29. The second-order valence-corrected chi connectivity index (χ2v) is 3.40. The lowest BCUT2D eigenvalue weighted by Gasteiger charge is -2.05. The van der Waals surface area contributed by atoms with Gasteiger partial charge in [0, 0.05) is 29.0 Å². The summed E-state index contributed by atoms with van der Waals surface area (Å²) in [6, 6.07) is 0. The lowest BCUT2D eigenvalue weighted by atomic mass is 10.2. The minimum Gasteiger partial charge on any atom is -0.377 e. The van der Waals surface area contributed by atoms with Crippen LogP contribution in [0.4, 0.5) is 0 Å². The molecule has 0 spiro atoms. The number of nitrogens with zero attached hydrogens (tertiary/aromatic N) is 1. The van der Waals surface area contributed by atoms with E-state index in [0.717, 1.165) is 16.6 Å². The van der Waals surface area contributed by atoms with Crippen LogP contribution in [0, 0.1) is 6.92 Å². The molecule has 0 aliphatic heterocycles. The van der Waals surface area contributed by atoms with Gasteiger partial charge in [0.2, 0.25) is 0 Å². The van der Waals surface area contributed by atoms with Gasteiger partial charge in [-0.05, 0) is 35.3 Å². The maximum absolute atomic E-state index is 5.29. The molecular formula is C9H12BrNO. The summed E-state index contributed by atoms with van der Waals surface area (Å²) < 4.78 is 6.34. The number of ether oxygens (including phenoxy) is 1. The van der Waals surface area contributed by atoms with Gasteiger partial charge in [0.05, 0.1) is 6.61 Å². The number of hydrogen-bond acceptors (Lipinski definition) is 2. The Morgan fingerprint density at radius 1 is 1.50 bits per heavy atom. The fourth-order valence-corrected chi connectivity index (χ4v) is 1.27. The fraction of sp³-hybridized carbons (Fsp3) is 0.444. The summed E-state index contributed by atoms with van der Waals surface area (Å²) in [6.07, 6.45) is 3.64. The van der Waals surface area contributed by atoms with Crippen molar-refractivity contribution in [3.8, 4) is 0 Å². The van der Waals surface area contributed by atoms with E-state index in [1.807, 2.05) is 13.1 Å². The molecule has 2 nitrogen and oxygen atoms in total. The summed E-state index contributed by atoms with van der Waals surface area (Å²) in [7, 11) is 0. The standard InChI is InChI=1S/C9H12BrNO/c1-3-12-6-8-4-11-5-9(10)7(8)2/h4-5H,3,6H2,1-2H3. The van der Waals surface area contributed by atoms with Gasteiger partial charge in [-0.15, -0.1) is 0 Å². The normalized spacial score (nSPS) is 10.2. The molecule has 1 aromatic heterocycles. The van der Waals surface area contributed by atoms with E-state index in [4.69, 9.17) is 4.74 Å². The first-order valence-corrected chi connectivity index (χ1v) is 4.71. The maximum Gasteiger partial charge on any atom is 0.0734 e. The zero-order valence-corrected chi connectivity index (χ0v) is 8.89. The summed E-state index contributed by atoms with van der Waals surface area (Å²) in [5.41, 5.74) is 2.35. The average Bonchev–Trinajstić information content (AvgIpc) is 2.08. The van der Waals surface area contributed by atoms with Crippen LogP contribution in [0.3, 0.4) is 0 Å². The van der Waals surface area contributed by atoms with Crippen molar-refractivity contribution in [2.75, 3.05) is 6.61 Å². The van der Waals surface area contributed by atoms with E-state index >= 15 is 0 Å². The smallest absolute Gasteiger partial charge is 0.0734 e. The van der Waals surface area contributed by atoms with Gasteiger partial charge in [-0.3, -0.25) is 4.98 Å². The second-order valence-electron chi connectivity index (χ2n) is 2.54. The largest absolute Gasteiger partial charge is 0.377 e. The molecular weight excluding hydrogens is 218 g/mol. The summed E-state index contributed by atoms with van der Waals surface area (Å²) in [6.45, 7) is 5.43. The predicted molar refractivity (Wildman–Crippen MR) is 52.0 cm³/mol. The minimum atomic E-state index is 0.648. The SMILES string of the molecule is CCOCc1cncc(Br)c1C. The Bertz CT molecular complexity index is 263. The molecule has 0 saturated carbocycles. The molecule has 0 aliphatic carbocycles. The van der Waals surface area contributed by atoms with Crippen LogP contribution >= 0.6 is 15.9 Å². The average molecular weight is 230 g/mol. The monoisotopic (exact) mass is 229 g/mol. The second kappa shape index (κ2) is 4.58. The van der Waals surface area contributed by atoms with Gasteiger partial charge in [0.15, 0.2) is 0 Å².